The molecule has 28 heavy (non-hydrogen) atoms. The lowest BCUT2D eigenvalue weighted by Crippen LogP contribution is -2.45. The summed E-state index contributed by atoms with van der Waals surface area (Å²) in [7, 11) is 0. The quantitative estimate of drug-likeness (QED) is 0.753. The molecule has 2 N–H and O–H groups in total. The Morgan fingerprint density at radius 1 is 1.14 bits per heavy atom. The van der Waals surface area contributed by atoms with E-state index in [0.717, 1.165) is 10.5 Å². The number of amides is 4. The molecule has 1 fully saturated rings. The van der Waals surface area contributed by atoms with E-state index in [9.17, 15) is 18.8 Å². The molecule has 3 rings (SSSR count). The summed E-state index contributed by atoms with van der Waals surface area (Å²) < 4.78 is 13.0. The van der Waals surface area contributed by atoms with E-state index in [1.165, 1.54) is 12.1 Å². The van der Waals surface area contributed by atoms with Crippen molar-refractivity contribution in [3.8, 4) is 0 Å². The number of nitrogens with zero attached hydrogens (tertiary/aromatic N) is 1. The van der Waals surface area contributed by atoms with Crippen LogP contribution in [-0.4, -0.2) is 29.3 Å². The van der Waals surface area contributed by atoms with Crippen LogP contribution in [0.15, 0.2) is 54.6 Å². The van der Waals surface area contributed by atoms with Gasteiger partial charge in [0, 0.05) is 0 Å². The second-order valence-corrected chi connectivity index (χ2v) is 6.79. The van der Waals surface area contributed by atoms with E-state index in [1.54, 1.807) is 43.3 Å². The molecule has 7 heteroatoms. The molecule has 1 saturated heterocycles. The Hall–Kier alpha value is -3.22. The highest BCUT2D eigenvalue weighted by molar-refractivity contribution is 6.09. The molecule has 4 amide bonds. The number of imide groups is 1. The highest BCUT2D eigenvalue weighted by Crippen LogP contribution is 2.32. The van der Waals surface area contributed by atoms with Gasteiger partial charge < -0.3 is 10.6 Å². The lowest BCUT2D eigenvalue weighted by Gasteiger charge is -2.25. The normalized spacial score (nSPS) is 20.0. The van der Waals surface area contributed by atoms with Crippen molar-refractivity contribution < 1.29 is 18.8 Å². The van der Waals surface area contributed by atoms with Gasteiger partial charge in [-0.1, -0.05) is 49.4 Å². The molecule has 0 bridgehead atoms. The van der Waals surface area contributed by atoms with Crippen LogP contribution < -0.4 is 10.6 Å². The lowest BCUT2D eigenvalue weighted by atomic mass is 9.87. The molecule has 1 aliphatic rings. The average Bonchev–Trinajstić information content (AvgIpc) is 2.94. The standard InChI is InChI=1S/C21H22FN3O3/c1-3-21(16-7-5-4-6-8-16)19(27)25(20(28)24-21)13-18(26)23-14(2)15-9-11-17(22)12-10-15/h4-12,14H,3,13H2,1-2H3,(H,23,26)(H,24,28). The first-order valence-corrected chi connectivity index (χ1v) is 9.12. The molecule has 2 atom stereocenters. The van der Waals surface area contributed by atoms with Gasteiger partial charge in [-0.2, -0.15) is 0 Å². The molecular weight excluding hydrogens is 361 g/mol. The van der Waals surface area contributed by atoms with Crippen LogP contribution in [0, 0.1) is 5.82 Å². The van der Waals surface area contributed by atoms with Gasteiger partial charge in [0.25, 0.3) is 5.91 Å². The van der Waals surface area contributed by atoms with Gasteiger partial charge in [0.05, 0.1) is 6.04 Å². The summed E-state index contributed by atoms with van der Waals surface area (Å²) >= 11 is 0. The van der Waals surface area contributed by atoms with Crippen LogP contribution in [0.2, 0.25) is 0 Å². The average molecular weight is 383 g/mol. The maximum Gasteiger partial charge on any atom is 0.325 e. The molecule has 6 nitrogen and oxygen atoms in total. The van der Waals surface area contributed by atoms with E-state index in [4.69, 9.17) is 0 Å². The van der Waals surface area contributed by atoms with E-state index in [1.807, 2.05) is 13.0 Å². The van der Waals surface area contributed by atoms with Crippen LogP contribution in [0.1, 0.15) is 37.4 Å². The van der Waals surface area contributed by atoms with Gasteiger partial charge in [-0.15, -0.1) is 0 Å². The van der Waals surface area contributed by atoms with E-state index in [-0.39, 0.29) is 18.4 Å². The van der Waals surface area contributed by atoms with Gasteiger partial charge in [-0.05, 0) is 36.6 Å². The summed E-state index contributed by atoms with van der Waals surface area (Å²) in [6.07, 6.45) is 0.367. The van der Waals surface area contributed by atoms with Crippen molar-refractivity contribution in [1.29, 1.82) is 0 Å². The predicted octanol–water partition coefficient (Wildman–Crippen LogP) is 2.86. The Bertz CT molecular complexity index is 886. The zero-order chi connectivity index (χ0) is 20.3. The van der Waals surface area contributed by atoms with Gasteiger partial charge in [0.1, 0.15) is 17.9 Å². The number of benzene rings is 2. The summed E-state index contributed by atoms with van der Waals surface area (Å²) in [5.74, 6) is -1.28. The molecule has 0 radical (unpaired) electrons. The molecule has 0 saturated carbocycles. The molecule has 0 aromatic heterocycles. The Morgan fingerprint density at radius 3 is 2.39 bits per heavy atom. The van der Waals surface area contributed by atoms with E-state index in [0.29, 0.717) is 12.0 Å². The minimum Gasteiger partial charge on any atom is -0.348 e. The molecule has 2 aromatic carbocycles. The zero-order valence-corrected chi connectivity index (χ0v) is 15.7. The summed E-state index contributed by atoms with van der Waals surface area (Å²) in [5.41, 5.74) is 0.235. The smallest absolute Gasteiger partial charge is 0.325 e. The summed E-state index contributed by atoms with van der Waals surface area (Å²) in [6, 6.07) is 13.8. The minimum atomic E-state index is -1.17. The Kier molecular flexibility index (Phi) is 5.44. The van der Waals surface area contributed by atoms with Gasteiger partial charge >= 0.3 is 6.03 Å². The van der Waals surface area contributed by atoms with E-state index >= 15 is 0 Å². The number of carbonyl (C=O) groups is 3. The van der Waals surface area contributed by atoms with Crippen LogP contribution >= 0.6 is 0 Å². The third kappa shape index (κ3) is 3.60. The third-order valence-electron chi connectivity index (χ3n) is 5.02. The fraction of sp³-hybridized carbons (Fsp3) is 0.286. The Labute approximate surface area is 162 Å². The minimum absolute atomic E-state index is 0.363. The maximum absolute atomic E-state index is 13.0. The SMILES string of the molecule is CCC1(c2ccccc2)NC(=O)N(CC(=O)NC(C)c2ccc(F)cc2)C1=O. The van der Waals surface area contributed by atoms with E-state index in [2.05, 4.69) is 10.6 Å². The third-order valence-corrected chi connectivity index (χ3v) is 5.02. The van der Waals surface area contributed by atoms with Crippen LogP contribution in [-0.2, 0) is 15.1 Å². The van der Waals surface area contributed by atoms with Crippen molar-refractivity contribution in [1.82, 2.24) is 15.5 Å². The van der Waals surface area contributed by atoms with Gasteiger partial charge in [-0.25, -0.2) is 9.18 Å². The van der Waals surface area contributed by atoms with Gasteiger partial charge in [0.2, 0.25) is 5.91 Å². The van der Waals surface area contributed by atoms with Crippen molar-refractivity contribution >= 4 is 17.8 Å². The molecular formula is C21H22FN3O3. The Balaban J connectivity index is 1.72. The first kappa shape index (κ1) is 19.5. The molecule has 0 aliphatic carbocycles. The highest BCUT2D eigenvalue weighted by atomic mass is 19.1. The number of urea groups is 1. The maximum atomic E-state index is 13.0. The molecule has 1 aliphatic heterocycles. The number of carbonyl (C=O) groups excluding carboxylic acids is 3. The second kappa shape index (κ2) is 7.80. The molecule has 2 aromatic rings. The fourth-order valence-corrected chi connectivity index (χ4v) is 3.40. The molecule has 1 heterocycles. The number of hydrogen-bond acceptors (Lipinski definition) is 3. The van der Waals surface area contributed by atoms with Crippen molar-refractivity contribution in [3.05, 3.63) is 71.5 Å². The molecule has 2 unspecified atom stereocenters. The summed E-state index contributed by atoms with van der Waals surface area (Å²) in [4.78, 5) is 38.8. The van der Waals surface area contributed by atoms with Crippen molar-refractivity contribution in [2.24, 2.45) is 0 Å². The number of hydrogen-bond donors (Lipinski definition) is 2. The van der Waals surface area contributed by atoms with Crippen molar-refractivity contribution in [3.63, 3.8) is 0 Å². The summed E-state index contributed by atoms with van der Waals surface area (Å²) in [6.45, 7) is 3.17. The van der Waals surface area contributed by atoms with Gasteiger partial charge in [-0.3, -0.25) is 14.5 Å². The molecule has 0 spiro atoms. The van der Waals surface area contributed by atoms with Crippen LogP contribution in [0.4, 0.5) is 9.18 Å². The topological polar surface area (TPSA) is 78.5 Å². The number of nitrogens with one attached hydrogen (secondary N) is 2. The second-order valence-electron chi connectivity index (χ2n) is 6.79. The number of halogens is 1. The fourth-order valence-electron chi connectivity index (χ4n) is 3.40. The largest absolute Gasteiger partial charge is 0.348 e. The van der Waals surface area contributed by atoms with Crippen molar-refractivity contribution in [2.75, 3.05) is 6.54 Å². The summed E-state index contributed by atoms with van der Waals surface area (Å²) in [5, 5.41) is 5.48. The zero-order valence-electron chi connectivity index (χ0n) is 15.7. The van der Waals surface area contributed by atoms with Crippen LogP contribution in [0.5, 0.6) is 0 Å². The van der Waals surface area contributed by atoms with Crippen LogP contribution in [0.3, 0.4) is 0 Å². The monoisotopic (exact) mass is 383 g/mol. The van der Waals surface area contributed by atoms with Gasteiger partial charge in [0.15, 0.2) is 0 Å². The first-order valence-electron chi connectivity index (χ1n) is 9.12. The number of rotatable bonds is 6. The predicted molar refractivity (Wildman–Crippen MR) is 102 cm³/mol. The van der Waals surface area contributed by atoms with E-state index < -0.39 is 23.4 Å². The highest BCUT2D eigenvalue weighted by Gasteiger charge is 2.51. The lowest BCUT2D eigenvalue weighted by molar-refractivity contribution is -0.135. The molecule has 146 valence electrons. The van der Waals surface area contributed by atoms with Crippen LogP contribution in [0.25, 0.3) is 0 Å². The Morgan fingerprint density at radius 2 is 1.79 bits per heavy atom. The first-order chi connectivity index (χ1) is 13.4. The van der Waals surface area contributed by atoms with Crippen molar-refractivity contribution in [2.45, 2.75) is 31.8 Å².